The first-order valence-corrected chi connectivity index (χ1v) is 7.84. The third-order valence-corrected chi connectivity index (χ3v) is 3.62. The number of piperidine rings is 1. The summed E-state index contributed by atoms with van der Waals surface area (Å²) < 4.78 is 26.4. The lowest BCUT2D eigenvalue weighted by atomic mass is 10.1. The van der Waals surface area contributed by atoms with Crippen molar-refractivity contribution < 1.29 is 13.6 Å². The summed E-state index contributed by atoms with van der Waals surface area (Å²) in [4.78, 5) is 15.6. The lowest BCUT2D eigenvalue weighted by molar-refractivity contribution is -0.122. The van der Waals surface area contributed by atoms with Crippen molar-refractivity contribution in [2.24, 2.45) is 4.99 Å². The van der Waals surface area contributed by atoms with Gasteiger partial charge in [-0.3, -0.25) is 9.79 Å². The first kappa shape index (κ1) is 17.2. The van der Waals surface area contributed by atoms with Crippen molar-refractivity contribution in [2.45, 2.75) is 32.2 Å². The molecule has 0 spiro atoms. The van der Waals surface area contributed by atoms with Gasteiger partial charge in [-0.25, -0.2) is 8.78 Å². The van der Waals surface area contributed by atoms with Crippen molar-refractivity contribution in [3.63, 3.8) is 0 Å². The van der Waals surface area contributed by atoms with Gasteiger partial charge in [-0.2, -0.15) is 0 Å². The van der Waals surface area contributed by atoms with Crippen molar-refractivity contribution in [3.05, 3.63) is 35.4 Å². The molecule has 2 rings (SSSR count). The molecule has 5 nitrogen and oxygen atoms in total. The Kier molecular flexibility index (Phi) is 6.31. The molecule has 0 aromatic heterocycles. The van der Waals surface area contributed by atoms with Gasteiger partial charge in [0.25, 0.3) is 0 Å². The summed E-state index contributed by atoms with van der Waals surface area (Å²) in [6, 6.07) is 3.70. The maximum absolute atomic E-state index is 13.6. The second-order valence-electron chi connectivity index (χ2n) is 5.43. The number of rotatable bonds is 5. The molecule has 3 N–H and O–H groups in total. The number of nitrogens with one attached hydrogen (secondary N) is 3. The average Bonchev–Trinajstić information content (AvgIpc) is 2.52. The van der Waals surface area contributed by atoms with Crippen LogP contribution in [0, 0.1) is 11.6 Å². The SMILES string of the molecule is CCNC(=NCCc1ccc(F)cc1F)NC1CCC(=O)NC1. The van der Waals surface area contributed by atoms with Gasteiger partial charge < -0.3 is 16.0 Å². The number of hydrogen-bond donors (Lipinski definition) is 3. The minimum atomic E-state index is -0.580. The topological polar surface area (TPSA) is 65.5 Å². The standard InChI is InChI=1S/C16H22F2N4O/c1-2-19-16(22-13-5-6-15(23)21-10-13)20-8-7-11-3-4-12(17)9-14(11)18/h3-4,9,13H,2,5-8,10H2,1H3,(H,21,23)(H2,19,20,22). The van der Waals surface area contributed by atoms with Crippen LogP contribution in [0.3, 0.4) is 0 Å². The van der Waals surface area contributed by atoms with Gasteiger partial charge in [0.2, 0.25) is 5.91 Å². The lowest BCUT2D eigenvalue weighted by Gasteiger charge is -2.25. The molecular weight excluding hydrogens is 302 g/mol. The highest BCUT2D eigenvalue weighted by molar-refractivity contribution is 5.81. The number of carbonyl (C=O) groups is 1. The van der Waals surface area contributed by atoms with E-state index in [1.54, 1.807) is 0 Å². The van der Waals surface area contributed by atoms with E-state index < -0.39 is 11.6 Å². The summed E-state index contributed by atoms with van der Waals surface area (Å²) in [6.45, 7) is 3.61. The fourth-order valence-electron chi connectivity index (χ4n) is 2.38. The predicted molar refractivity (Wildman–Crippen MR) is 85.2 cm³/mol. The summed E-state index contributed by atoms with van der Waals surface area (Å²) in [6.07, 6.45) is 1.64. The van der Waals surface area contributed by atoms with Crippen LogP contribution in [-0.2, 0) is 11.2 Å². The van der Waals surface area contributed by atoms with Crippen molar-refractivity contribution in [2.75, 3.05) is 19.6 Å². The Balaban J connectivity index is 1.89. The van der Waals surface area contributed by atoms with Gasteiger partial charge in [0, 0.05) is 38.2 Å². The molecule has 1 aliphatic rings. The molecule has 1 aliphatic heterocycles. The monoisotopic (exact) mass is 324 g/mol. The predicted octanol–water partition coefficient (Wildman–Crippen LogP) is 1.34. The maximum atomic E-state index is 13.6. The van der Waals surface area contributed by atoms with Crippen LogP contribution in [0.4, 0.5) is 8.78 Å². The van der Waals surface area contributed by atoms with Crippen LogP contribution >= 0.6 is 0 Å². The molecule has 23 heavy (non-hydrogen) atoms. The third-order valence-electron chi connectivity index (χ3n) is 3.62. The third kappa shape index (κ3) is 5.50. The van der Waals surface area contributed by atoms with Gasteiger partial charge >= 0.3 is 0 Å². The number of hydrogen-bond acceptors (Lipinski definition) is 2. The van der Waals surface area contributed by atoms with E-state index in [-0.39, 0.29) is 11.9 Å². The Bertz CT molecular complexity index is 567. The highest BCUT2D eigenvalue weighted by Gasteiger charge is 2.18. The van der Waals surface area contributed by atoms with Crippen molar-refractivity contribution >= 4 is 11.9 Å². The van der Waals surface area contributed by atoms with Gasteiger partial charge in [0.15, 0.2) is 5.96 Å². The summed E-state index contributed by atoms with van der Waals surface area (Å²) in [5.74, 6) is -0.426. The molecule has 1 amide bonds. The summed E-state index contributed by atoms with van der Waals surface area (Å²) >= 11 is 0. The van der Waals surface area contributed by atoms with E-state index in [1.807, 2.05) is 6.92 Å². The summed E-state index contributed by atoms with van der Waals surface area (Å²) in [5, 5.41) is 9.19. The molecule has 1 saturated heterocycles. The molecule has 7 heteroatoms. The molecule has 1 atom stereocenters. The summed E-state index contributed by atoms with van der Waals surface area (Å²) in [7, 11) is 0. The number of guanidine groups is 1. The van der Waals surface area contributed by atoms with E-state index in [1.165, 1.54) is 12.1 Å². The van der Waals surface area contributed by atoms with E-state index in [2.05, 4.69) is 20.9 Å². The van der Waals surface area contributed by atoms with Crippen LogP contribution in [0.15, 0.2) is 23.2 Å². The fraction of sp³-hybridized carbons (Fsp3) is 0.500. The second kappa shape index (κ2) is 8.45. The van der Waals surface area contributed by atoms with Crippen molar-refractivity contribution in [1.29, 1.82) is 0 Å². The molecule has 1 heterocycles. The zero-order valence-corrected chi connectivity index (χ0v) is 13.2. The van der Waals surface area contributed by atoms with E-state index >= 15 is 0 Å². The zero-order valence-electron chi connectivity index (χ0n) is 13.2. The molecule has 1 aromatic carbocycles. The second-order valence-corrected chi connectivity index (χ2v) is 5.43. The molecule has 0 radical (unpaired) electrons. The Morgan fingerprint density at radius 3 is 2.91 bits per heavy atom. The first-order chi connectivity index (χ1) is 11.1. The van der Waals surface area contributed by atoms with Gasteiger partial charge in [0.1, 0.15) is 11.6 Å². The molecule has 0 saturated carbocycles. The minimum Gasteiger partial charge on any atom is -0.357 e. The van der Waals surface area contributed by atoms with Gasteiger partial charge in [0.05, 0.1) is 0 Å². The fourth-order valence-corrected chi connectivity index (χ4v) is 2.38. The molecule has 126 valence electrons. The number of halogens is 2. The molecule has 1 aromatic rings. The van der Waals surface area contributed by atoms with Gasteiger partial charge in [-0.05, 0) is 31.4 Å². The number of nitrogens with zero attached hydrogens (tertiary/aromatic N) is 1. The normalized spacial score (nSPS) is 18.5. The van der Waals surface area contributed by atoms with Gasteiger partial charge in [-0.1, -0.05) is 6.07 Å². The minimum absolute atomic E-state index is 0.0665. The van der Waals surface area contributed by atoms with Crippen LogP contribution in [-0.4, -0.2) is 37.5 Å². The molecule has 0 bridgehead atoms. The van der Waals surface area contributed by atoms with E-state index in [4.69, 9.17) is 0 Å². The average molecular weight is 324 g/mol. The highest BCUT2D eigenvalue weighted by Crippen LogP contribution is 2.10. The number of aliphatic imine (C=N–C) groups is 1. The van der Waals surface area contributed by atoms with Crippen molar-refractivity contribution in [3.8, 4) is 0 Å². The number of carbonyl (C=O) groups excluding carboxylic acids is 1. The Morgan fingerprint density at radius 1 is 1.43 bits per heavy atom. The van der Waals surface area contributed by atoms with E-state index in [9.17, 15) is 13.6 Å². The molecule has 1 unspecified atom stereocenters. The quantitative estimate of drug-likeness (QED) is 0.566. The smallest absolute Gasteiger partial charge is 0.220 e. The Morgan fingerprint density at radius 2 is 2.26 bits per heavy atom. The largest absolute Gasteiger partial charge is 0.357 e. The summed E-state index contributed by atoms with van der Waals surface area (Å²) in [5.41, 5.74) is 0.441. The Hall–Kier alpha value is -2.18. The van der Waals surface area contributed by atoms with Gasteiger partial charge in [-0.15, -0.1) is 0 Å². The first-order valence-electron chi connectivity index (χ1n) is 7.84. The van der Waals surface area contributed by atoms with Crippen molar-refractivity contribution in [1.82, 2.24) is 16.0 Å². The highest BCUT2D eigenvalue weighted by atomic mass is 19.1. The Labute approximate surface area is 134 Å². The van der Waals surface area contributed by atoms with Crippen LogP contribution in [0.25, 0.3) is 0 Å². The maximum Gasteiger partial charge on any atom is 0.220 e. The van der Waals surface area contributed by atoms with Crippen LogP contribution in [0.2, 0.25) is 0 Å². The molecule has 1 fully saturated rings. The molecule has 0 aliphatic carbocycles. The lowest BCUT2D eigenvalue weighted by Crippen LogP contribution is -2.51. The van der Waals surface area contributed by atoms with Crippen LogP contribution < -0.4 is 16.0 Å². The van der Waals surface area contributed by atoms with Crippen LogP contribution in [0.1, 0.15) is 25.3 Å². The van der Waals surface area contributed by atoms with E-state index in [0.717, 1.165) is 12.5 Å². The van der Waals surface area contributed by atoms with E-state index in [0.29, 0.717) is 44.0 Å². The molecular formula is C16H22F2N4O. The zero-order chi connectivity index (χ0) is 16.7. The number of benzene rings is 1. The number of amides is 1. The van der Waals surface area contributed by atoms with Crippen LogP contribution in [0.5, 0.6) is 0 Å².